The van der Waals surface area contributed by atoms with E-state index in [1.54, 1.807) is 4.90 Å². The maximum Gasteiger partial charge on any atom is 0.243 e. The smallest absolute Gasteiger partial charge is 0.243 e. The Kier molecular flexibility index (Phi) is 9.86. The van der Waals surface area contributed by atoms with Crippen molar-refractivity contribution < 1.29 is 9.59 Å². The third-order valence-corrected chi connectivity index (χ3v) is 6.58. The molecule has 0 saturated heterocycles. The van der Waals surface area contributed by atoms with Gasteiger partial charge in [0, 0.05) is 25.4 Å². The number of carbonyl (C=O) groups excluding carboxylic acids is 2. The van der Waals surface area contributed by atoms with Gasteiger partial charge in [0.15, 0.2) is 0 Å². The Balaban J connectivity index is 1.89. The van der Waals surface area contributed by atoms with Crippen molar-refractivity contribution in [2.24, 2.45) is 0 Å². The highest BCUT2D eigenvalue weighted by Gasteiger charge is 2.30. The first kappa shape index (κ1) is 27.2. The lowest BCUT2D eigenvalue weighted by molar-refractivity contribution is -0.141. The van der Waals surface area contributed by atoms with Crippen LogP contribution in [0.4, 0.5) is 0 Å². The van der Waals surface area contributed by atoms with Gasteiger partial charge < -0.3 is 10.2 Å². The Bertz CT molecular complexity index is 1120. The van der Waals surface area contributed by atoms with Crippen LogP contribution in [0.15, 0.2) is 78.9 Å². The summed E-state index contributed by atoms with van der Waals surface area (Å²) >= 11 is 0. The summed E-state index contributed by atoms with van der Waals surface area (Å²) in [4.78, 5) is 29.0. The third kappa shape index (κ3) is 7.81. The molecule has 0 aromatic heterocycles. The summed E-state index contributed by atoms with van der Waals surface area (Å²) in [5, 5.41) is 3.06. The van der Waals surface area contributed by atoms with E-state index in [2.05, 4.69) is 56.4 Å². The second kappa shape index (κ2) is 13.1. The predicted octanol–water partition coefficient (Wildman–Crippen LogP) is 6.22. The summed E-state index contributed by atoms with van der Waals surface area (Å²) in [6.45, 7) is 10.7. The van der Waals surface area contributed by atoms with Crippen molar-refractivity contribution in [3.8, 4) is 0 Å². The fourth-order valence-corrected chi connectivity index (χ4v) is 4.37. The van der Waals surface area contributed by atoms with E-state index in [4.69, 9.17) is 0 Å². The zero-order chi connectivity index (χ0) is 26.1. The molecule has 4 heteroatoms. The van der Waals surface area contributed by atoms with Crippen LogP contribution >= 0.6 is 0 Å². The molecule has 0 radical (unpaired) electrons. The van der Waals surface area contributed by atoms with Gasteiger partial charge in [-0.1, -0.05) is 92.7 Å². The molecule has 0 aliphatic heterocycles. The zero-order valence-corrected chi connectivity index (χ0v) is 22.3. The predicted molar refractivity (Wildman–Crippen MR) is 148 cm³/mol. The van der Waals surface area contributed by atoms with E-state index in [1.165, 1.54) is 5.56 Å². The third-order valence-electron chi connectivity index (χ3n) is 6.58. The minimum absolute atomic E-state index is 0.00831. The summed E-state index contributed by atoms with van der Waals surface area (Å²) in [5.74, 6) is 0.353. The lowest BCUT2D eigenvalue weighted by Crippen LogP contribution is -2.51. The van der Waals surface area contributed by atoms with Crippen molar-refractivity contribution in [1.29, 1.82) is 0 Å². The number of hydrogen-bond acceptors (Lipinski definition) is 2. The SMILES string of the molecule is Cc1ccccc1CN(C(=O)CCc1ccc(C(C)C)cc1)[C@H](Cc1ccccc1)C(=O)NC(C)C. The summed E-state index contributed by atoms with van der Waals surface area (Å²) in [5.41, 5.74) is 5.63. The first-order chi connectivity index (χ1) is 17.2. The molecule has 1 N–H and O–H groups in total. The first-order valence-electron chi connectivity index (χ1n) is 13.0. The molecule has 36 heavy (non-hydrogen) atoms. The molecular weight excluding hydrogens is 444 g/mol. The average Bonchev–Trinajstić information content (AvgIpc) is 2.86. The molecule has 190 valence electrons. The molecule has 4 nitrogen and oxygen atoms in total. The molecule has 1 atom stereocenters. The van der Waals surface area contributed by atoms with E-state index in [1.807, 2.05) is 62.4 Å². The van der Waals surface area contributed by atoms with Gasteiger partial charge in [0.2, 0.25) is 11.8 Å². The van der Waals surface area contributed by atoms with Crippen molar-refractivity contribution in [1.82, 2.24) is 10.2 Å². The average molecular weight is 485 g/mol. The Morgan fingerprint density at radius 3 is 2.06 bits per heavy atom. The normalized spacial score (nSPS) is 12.0. The first-order valence-corrected chi connectivity index (χ1v) is 13.0. The summed E-state index contributed by atoms with van der Waals surface area (Å²) in [6, 6.07) is 25.9. The quantitative estimate of drug-likeness (QED) is 0.351. The van der Waals surface area contributed by atoms with Crippen LogP contribution in [0.2, 0.25) is 0 Å². The highest BCUT2D eigenvalue weighted by molar-refractivity contribution is 5.88. The number of rotatable bonds is 11. The monoisotopic (exact) mass is 484 g/mol. The Labute approximate surface area is 216 Å². The second-order valence-corrected chi connectivity index (χ2v) is 10.2. The van der Waals surface area contributed by atoms with Crippen LogP contribution in [0.25, 0.3) is 0 Å². The van der Waals surface area contributed by atoms with Crippen LogP contribution in [0.5, 0.6) is 0 Å². The molecule has 0 fully saturated rings. The molecule has 2 amide bonds. The Hall–Kier alpha value is -3.40. The number of amides is 2. The largest absolute Gasteiger partial charge is 0.352 e. The number of nitrogens with zero attached hydrogens (tertiary/aromatic N) is 1. The maximum absolute atomic E-state index is 13.8. The molecule has 3 rings (SSSR count). The molecule has 3 aromatic rings. The van der Waals surface area contributed by atoms with Crippen LogP contribution in [0.1, 0.15) is 67.9 Å². The lowest BCUT2D eigenvalue weighted by atomic mass is 9.99. The molecule has 0 spiro atoms. The van der Waals surface area contributed by atoms with E-state index >= 15 is 0 Å². The minimum Gasteiger partial charge on any atom is -0.352 e. The summed E-state index contributed by atoms with van der Waals surface area (Å²) < 4.78 is 0. The van der Waals surface area contributed by atoms with Crippen molar-refractivity contribution in [2.75, 3.05) is 0 Å². The number of carbonyl (C=O) groups is 2. The molecular formula is C32H40N2O2. The topological polar surface area (TPSA) is 49.4 Å². The molecule has 0 aliphatic carbocycles. The van der Waals surface area contributed by atoms with Gasteiger partial charge in [-0.2, -0.15) is 0 Å². The maximum atomic E-state index is 13.8. The van der Waals surface area contributed by atoms with Crippen LogP contribution in [0, 0.1) is 6.92 Å². The van der Waals surface area contributed by atoms with E-state index in [0.29, 0.717) is 31.7 Å². The zero-order valence-electron chi connectivity index (χ0n) is 22.3. The van der Waals surface area contributed by atoms with Gasteiger partial charge >= 0.3 is 0 Å². The van der Waals surface area contributed by atoms with Gasteiger partial charge in [0.05, 0.1) is 0 Å². The highest BCUT2D eigenvalue weighted by Crippen LogP contribution is 2.20. The van der Waals surface area contributed by atoms with Gasteiger partial charge in [-0.15, -0.1) is 0 Å². The molecule has 0 aliphatic rings. The molecule has 0 saturated carbocycles. The van der Waals surface area contributed by atoms with Gasteiger partial charge in [-0.3, -0.25) is 9.59 Å². The Morgan fingerprint density at radius 1 is 0.806 bits per heavy atom. The van der Waals surface area contributed by atoms with Gasteiger partial charge in [-0.25, -0.2) is 0 Å². The summed E-state index contributed by atoms with van der Waals surface area (Å²) in [6.07, 6.45) is 1.47. The number of nitrogens with one attached hydrogen (secondary N) is 1. The number of benzene rings is 3. The molecule has 0 unspecified atom stereocenters. The van der Waals surface area contributed by atoms with E-state index in [9.17, 15) is 9.59 Å². The Morgan fingerprint density at radius 2 is 1.44 bits per heavy atom. The number of aryl methyl sites for hydroxylation is 2. The van der Waals surface area contributed by atoms with Gasteiger partial charge in [0.25, 0.3) is 0 Å². The van der Waals surface area contributed by atoms with Crippen LogP contribution < -0.4 is 5.32 Å². The summed E-state index contributed by atoms with van der Waals surface area (Å²) in [7, 11) is 0. The lowest BCUT2D eigenvalue weighted by Gasteiger charge is -2.32. The van der Waals surface area contributed by atoms with Crippen molar-refractivity contribution in [2.45, 2.75) is 78.4 Å². The fraction of sp³-hybridized carbons (Fsp3) is 0.375. The van der Waals surface area contributed by atoms with Crippen LogP contribution in [-0.4, -0.2) is 28.8 Å². The molecule has 0 bridgehead atoms. The van der Waals surface area contributed by atoms with Gasteiger partial charge in [-0.05, 0) is 60.9 Å². The molecule has 0 heterocycles. The van der Waals surface area contributed by atoms with Crippen molar-refractivity contribution in [3.05, 3.63) is 107 Å². The van der Waals surface area contributed by atoms with Crippen LogP contribution in [0.3, 0.4) is 0 Å². The van der Waals surface area contributed by atoms with Crippen molar-refractivity contribution >= 4 is 11.8 Å². The van der Waals surface area contributed by atoms with E-state index in [-0.39, 0.29) is 17.9 Å². The highest BCUT2D eigenvalue weighted by atomic mass is 16.2. The van der Waals surface area contributed by atoms with E-state index in [0.717, 1.165) is 22.3 Å². The van der Waals surface area contributed by atoms with E-state index < -0.39 is 6.04 Å². The fourth-order valence-electron chi connectivity index (χ4n) is 4.37. The minimum atomic E-state index is -0.592. The standard InChI is InChI=1S/C32H40N2O2/c1-23(2)28-18-15-26(16-19-28)17-20-31(35)34(22-29-14-10-9-11-25(29)5)30(32(36)33-24(3)4)21-27-12-7-6-8-13-27/h6-16,18-19,23-24,30H,17,20-22H2,1-5H3,(H,33,36)/t30-/m1/s1. The van der Waals surface area contributed by atoms with Crippen molar-refractivity contribution in [3.63, 3.8) is 0 Å². The van der Waals surface area contributed by atoms with Crippen LogP contribution in [-0.2, 0) is 29.0 Å². The van der Waals surface area contributed by atoms with Gasteiger partial charge in [0.1, 0.15) is 6.04 Å². The second-order valence-electron chi connectivity index (χ2n) is 10.2. The molecule has 3 aromatic carbocycles. The number of hydrogen-bond donors (Lipinski definition) is 1.